The summed E-state index contributed by atoms with van der Waals surface area (Å²) in [4.78, 5) is 29.3. The molecule has 0 fully saturated rings. The summed E-state index contributed by atoms with van der Waals surface area (Å²) in [6, 6.07) is 4.50. The first-order valence-electron chi connectivity index (χ1n) is 10.5. The largest absolute Gasteiger partial charge is 0.633 e. The molecule has 0 N–H and O–H groups in total. The van der Waals surface area contributed by atoms with Crippen LogP contribution in [0.4, 0.5) is 8.78 Å². The molecule has 0 amide bonds. The summed E-state index contributed by atoms with van der Waals surface area (Å²) in [7, 11) is 2.73. The van der Waals surface area contributed by atoms with Crippen LogP contribution in [0.2, 0.25) is 0 Å². The number of nitrogens with zero attached hydrogens (tertiary/aromatic N) is 3. The van der Waals surface area contributed by atoms with Crippen LogP contribution in [-0.2, 0) is 11.2 Å². The normalized spacial score (nSPS) is 11.9. The molecule has 1 aromatic carbocycles. The first-order valence-corrected chi connectivity index (χ1v) is 10.5. The first kappa shape index (κ1) is 23.7. The van der Waals surface area contributed by atoms with E-state index in [1.54, 1.807) is 23.6 Å². The number of ketones is 2. The van der Waals surface area contributed by atoms with Crippen molar-refractivity contribution in [2.75, 3.05) is 20.6 Å². The zero-order chi connectivity index (χ0) is 23.8. The van der Waals surface area contributed by atoms with Crippen LogP contribution in [0.15, 0.2) is 24.4 Å². The van der Waals surface area contributed by atoms with E-state index in [-0.39, 0.29) is 47.6 Å². The average molecular weight is 443 g/mol. The van der Waals surface area contributed by atoms with Crippen molar-refractivity contribution < 1.29 is 23.0 Å². The van der Waals surface area contributed by atoms with E-state index in [1.807, 2.05) is 13.0 Å². The van der Waals surface area contributed by atoms with Crippen LogP contribution in [0.25, 0.3) is 16.9 Å². The number of imidazole rings is 1. The number of fused-ring (bicyclic) bond motifs is 1. The SMILES string of the molecule is CCCC(=O)c1cc(F)c(-c2nc3cc(C)ccn3c2CC(=O)C[N+](C)(C)[O-])c(C)c1F. The van der Waals surface area contributed by atoms with Gasteiger partial charge in [0.05, 0.1) is 37.5 Å². The Hall–Kier alpha value is -2.97. The highest BCUT2D eigenvalue weighted by atomic mass is 19.1. The maximum absolute atomic E-state index is 15.3. The van der Waals surface area contributed by atoms with Crippen LogP contribution in [0.3, 0.4) is 0 Å². The summed E-state index contributed by atoms with van der Waals surface area (Å²) in [5.74, 6) is -2.38. The van der Waals surface area contributed by atoms with Crippen molar-refractivity contribution in [2.45, 2.75) is 40.0 Å². The first-order chi connectivity index (χ1) is 14.9. The average Bonchev–Trinajstić information content (AvgIpc) is 3.00. The predicted octanol–water partition coefficient (Wildman–Crippen LogP) is 4.56. The van der Waals surface area contributed by atoms with Crippen molar-refractivity contribution in [2.24, 2.45) is 0 Å². The van der Waals surface area contributed by atoms with Crippen LogP contribution in [0.5, 0.6) is 0 Å². The number of halogens is 2. The molecule has 0 aliphatic heterocycles. The molecular formula is C24H27F2N3O3. The number of rotatable bonds is 8. The van der Waals surface area contributed by atoms with Crippen LogP contribution in [0.1, 0.15) is 46.9 Å². The van der Waals surface area contributed by atoms with E-state index in [0.29, 0.717) is 17.8 Å². The van der Waals surface area contributed by atoms with Crippen LogP contribution in [-0.4, -0.2) is 46.2 Å². The van der Waals surface area contributed by atoms with Gasteiger partial charge in [-0.1, -0.05) is 6.92 Å². The van der Waals surface area contributed by atoms with Crippen LogP contribution in [0, 0.1) is 30.7 Å². The predicted molar refractivity (Wildman–Crippen MR) is 118 cm³/mol. The van der Waals surface area contributed by atoms with Gasteiger partial charge < -0.3 is 14.3 Å². The standard InChI is InChI=1S/C24H27F2N3O3/c1-6-7-20(31)17-12-18(25)22(15(3)23(17)26)24-19(11-16(30)13-29(4,5)32)28-9-8-14(2)10-21(28)27-24/h8-10,12H,6-7,11,13H2,1-5H3. The van der Waals surface area contributed by atoms with E-state index < -0.39 is 22.1 Å². The summed E-state index contributed by atoms with van der Waals surface area (Å²) in [5.41, 5.74) is 1.47. The molecule has 0 aliphatic carbocycles. The lowest BCUT2D eigenvalue weighted by molar-refractivity contribution is -0.831. The van der Waals surface area contributed by atoms with Crippen molar-refractivity contribution in [3.63, 3.8) is 0 Å². The number of carbonyl (C=O) groups excluding carboxylic acids is 2. The molecule has 2 aromatic heterocycles. The molecule has 0 saturated heterocycles. The van der Waals surface area contributed by atoms with Gasteiger partial charge in [-0.15, -0.1) is 0 Å². The lowest BCUT2D eigenvalue weighted by Crippen LogP contribution is -2.38. The number of benzene rings is 1. The van der Waals surface area contributed by atoms with E-state index >= 15 is 8.78 Å². The number of quaternary nitrogens is 1. The Labute approximate surface area is 185 Å². The molecule has 2 heterocycles. The number of aromatic nitrogens is 2. The minimum absolute atomic E-state index is 0.0433. The fraction of sp³-hybridized carbons (Fsp3) is 0.375. The van der Waals surface area contributed by atoms with Crippen LogP contribution < -0.4 is 0 Å². The highest BCUT2D eigenvalue weighted by Crippen LogP contribution is 2.34. The third-order valence-corrected chi connectivity index (χ3v) is 5.27. The van der Waals surface area contributed by atoms with Gasteiger partial charge in [0.25, 0.3) is 0 Å². The fourth-order valence-corrected chi connectivity index (χ4v) is 3.84. The smallest absolute Gasteiger partial charge is 0.193 e. The number of likely N-dealkylation sites (N-methyl/N-ethyl adjacent to an activating group) is 1. The molecule has 8 heteroatoms. The zero-order valence-electron chi connectivity index (χ0n) is 19.0. The van der Waals surface area contributed by atoms with Crippen molar-refractivity contribution in [1.29, 1.82) is 0 Å². The molecule has 0 spiro atoms. The number of hydrogen-bond donors (Lipinski definition) is 0. The van der Waals surface area contributed by atoms with Gasteiger partial charge >= 0.3 is 0 Å². The summed E-state index contributed by atoms with van der Waals surface area (Å²) in [6.07, 6.45) is 2.18. The maximum Gasteiger partial charge on any atom is 0.193 e. The molecule has 0 radical (unpaired) electrons. The molecule has 3 aromatic rings. The van der Waals surface area contributed by atoms with E-state index in [1.165, 1.54) is 21.0 Å². The van der Waals surface area contributed by atoms with Gasteiger partial charge in [-0.3, -0.25) is 9.59 Å². The lowest BCUT2D eigenvalue weighted by Gasteiger charge is -2.32. The van der Waals surface area contributed by atoms with Gasteiger partial charge in [-0.2, -0.15) is 0 Å². The van der Waals surface area contributed by atoms with Crippen molar-refractivity contribution in [3.05, 3.63) is 63.6 Å². The molecule has 3 rings (SSSR count). The Morgan fingerprint density at radius 3 is 2.50 bits per heavy atom. The molecule has 0 bridgehead atoms. The van der Waals surface area contributed by atoms with E-state index in [9.17, 15) is 14.8 Å². The fourth-order valence-electron chi connectivity index (χ4n) is 3.84. The van der Waals surface area contributed by atoms with Gasteiger partial charge in [-0.05, 0) is 49.6 Å². The Bertz CT molecular complexity index is 1210. The lowest BCUT2D eigenvalue weighted by atomic mass is 9.95. The number of pyridine rings is 1. The second-order valence-electron chi connectivity index (χ2n) is 8.68. The molecule has 170 valence electrons. The zero-order valence-corrected chi connectivity index (χ0v) is 19.0. The quantitative estimate of drug-likeness (QED) is 0.291. The van der Waals surface area contributed by atoms with Gasteiger partial charge in [0.2, 0.25) is 0 Å². The minimum atomic E-state index is -0.791. The molecule has 32 heavy (non-hydrogen) atoms. The van der Waals surface area contributed by atoms with Gasteiger partial charge in [0.15, 0.2) is 11.6 Å². The number of hydroxylamine groups is 3. The third-order valence-electron chi connectivity index (χ3n) is 5.27. The number of carbonyl (C=O) groups is 2. The maximum atomic E-state index is 15.3. The Kier molecular flexibility index (Phi) is 6.57. The monoisotopic (exact) mass is 443 g/mol. The summed E-state index contributed by atoms with van der Waals surface area (Å²) in [6.45, 7) is 4.79. The highest BCUT2D eigenvalue weighted by molar-refractivity contribution is 5.97. The van der Waals surface area contributed by atoms with Gasteiger partial charge in [0.1, 0.15) is 23.8 Å². The number of aryl methyl sites for hydroxylation is 1. The number of Topliss-reactive ketones (excluding diaryl/α,β-unsaturated/α-hetero) is 2. The topological polar surface area (TPSA) is 74.5 Å². The Morgan fingerprint density at radius 2 is 1.88 bits per heavy atom. The van der Waals surface area contributed by atoms with E-state index in [2.05, 4.69) is 4.98 Å². The van der Waals surface area contributed by atoms with Crippen LogP contribution >= 0.6 is 0 Å². The van der Waals surface area contributed by atoms with E-state index in [0.717, 1.165) is 11.6 Å². The second-order valence-corrected chi connectivity index (χ2v) is 8.68. The molecular weight excluding hydrogens is 416 g/mol. The second kappa shape index (κ2) is 8.88. The molecule has 0 saturated carbocycles. The van der Waals surface area contributed by atoms with Crippen molar-refractivity contribution in [3.8, 4) is 11.3 Å². The highest BCUT2D eigenvalue weighted by Gasteiger charge is 2.26. The molecule has 0 atom stereocenters. The molecule has 0 unspecified atom stereocenters. The molecule has 6 nitrogen and oxygen atoms in total. The Morgan fingerprint density at radius 1 is 1.19 bits per heavy atom. The van der Waals surface area contributed by atoms with Gasteiger partial charge in [0, 0.05) is 18.2 Å². The minimum Gasteiger partial charge on any atom is -0.633 e. The Balaban J connectivity index is 2.21. The summed E-state index contributed by atoms with van der Waals surface area (Å²) < 4.78 is 31.2. The summed E-state index contributed by atoms with van der Waals surface area (Å²) in [5, 5.41) is 12.0. The summed E-state index contributed by atoms with van der Waals surface area (Å²) >= 11 is 0. The molecule has 0 aliphatic rings. The third kappa shape index (κ3) is 4.76. The van der Waals surface area contributed by atoms with Crippen molar-refractivity contribution in [1.82, 2.24) is 9.38 Å². The van der Waals surface area contributed by atoms with Gasteiger partial charge in [-0.25, -0.2) is 13.8 Å². The van der Waals surface area contributed by atoms with E-state index in [4.69, 9.17) is 0 Å². The van der Waals surface area contributed by atoms with Crippen molar-refractivity contribution >= 4 is 17.2 Å². The number of hydrogen-bond acceptors (Lipinski definition) is 4.